The minimum absolute atomic E-state index is 0.00389. The van der Waals surface area contributed by atoms with E-state index in [-0.39, 0.29) is 6.03 Å². The minimum atomic E-state index is 0.00389. The third kappa shape index (κ3) is 3.68. The number of hydrogen-bond donors (Lipinski definition) is 1. The number of rotatable bonds is 5. The van der Waals surface area contributed by atoms with Gasteiger partial charge < -0.3 is 15.0 Å². The molecular formula is C12H19N3O2S. The van der Waals surface area contributed by atoms with Crippen LogP contribution in [0.4, 0.5) is 4.79 Å². The molecule has 1 aromatic rings. The van der Waals surface area contributed by atoms with Gasteiger partial charge in [-0.2, -0.15) is 0 Å². The Balaban J connectivity index is 1.70. The maximum Gasteiger partial charge on any atom is 0.317 e. The number of carbonyl (C=O) groups is 1. The van der Waals surface area contributed by atoms with Crippen molar-refractivity contribution < 1.29 is 9.53 Å². The number of ether oxygens (including phenoxy) is 1. The molecule has 2 amide bonds. The van der Waals surface area contributed by atoms with Crippen molar-refractivity contribution in [1.82, 2.24) is 15.2 Å². The van der Waals surface area contributed by atoms with Crippen molar-refractivity contribution in [1.29, 1.82) is 0 Å². The summed E-state index contributed by atoms with van der Waals surface area (Å²) in [4.78, 5) is 17.9. The number of carbonyl (C=O) groups excluding carboxylic acids is 1. The van der Waals surface area contributed by atoms with Crippen LogP contribution in [0.25, 0.3) is 0 Å². The van der Waals surface area contributed by atoms with Crippen LogP contribution in [0.2, 0.25) is 0 Å². The lowest BCUT2D eigenvalue weighted by atomic mass is 10.1. The van der Waals surface area contributed by atoms with Gasteiger partial charge >= 0.3 is 6.03 Å². The maximum atomic E-state index is 11.9. The molecular weight excluding hydrogens is 250 g/mol. The van der Waals surface area contributed by atoms with Crippen molar-refractivity contribution in [2.45, 2.75) is 19.9 Å². The molecule has 1 aliphatic heterocycles. The molecule has 0 aliphatic carbocycles. The number of likely N-dealkylation sites (tertiary alicyclic amines) is 1. The molecule has 0 saturated carbocycles. The number of aromatic nitrogens is 1. The Morgan fingerprint density at radius 2 is 2.61 bits per heavy atom. The van der Waals surface area contributed by atoms with Crippen LogP contribution in [0.5, 0.6) is 0 Å². The zero-order valence-corrected chi connectivity index (χ0v) is 11.4. The van der Waals surface area contributed by atoms with Gasteiger partial charge in [-0.05, 0) is 13.3 Å². The van der Waals surface area contributed by atoms with Gasteiger partial charge in [-0.1, -0.05) is 0 Å². The fourth-order valence-corrected chi connectivity index (χ4v) is 2.60. The molecule has 1 N–H and O–H groups in total. The maximum absolute atomic E-state index is 11.9. The lowest BCUT2D eigenvalue weighted by molar-refractivity contribution is 0.113. The first-order valence-corrected chi connectivity index (χ1v) is 7.16. The first kappa shape index (κ1) is 13.3. The first-order chi connectivity index (χ1) is 8.79. The number of hydrogen-bond acceptors (Lipinski definition) is 4. The number of nitrogens with one attached hydrogen (secondary N) is 1. The van der Waals surface area contributed by atoms with Crippen molar-refractivity contribution in [2.75, 3.05) is 26.3 Å². The van der Waals surface area contributed by atoms with Crippen LogP contribution in [-0.4, -0.2) is 42.2 Å². The summed E-state index contributed by atoms with van der Waals surface area (Å²) in [5.74, 6) is 0.482. The van der Waals surface area contributed by atoms with Crippen molar-refractivity contribution >= 4 is 17.4 Å². The van der Waals surface area contributed by atoms with Gasteiger partial charge in [0.05, 0.1) is 13.2 Å². The summed E-state index contributed by atoms with van der Waals surface area (Å²) in [5.41, 5.74) is 0. The molecule has 18 heavy (non-hydrogen) atoms. The van der Waals surface area contributed by atoms with E-state index in [0.29, 0.717) is 12.5 Å². The standard InChI is InChI=1S/C12H19N3O2S/c1-2-17-9-10-3-5-15(8-10)12(16)14-7-11-13-4-6-18-11/h4,6,10H,2-3,5,7-9H2,1H3,(H,14,16). The van der Waals surface area contributed by atoms with Gasteiger partial charge in [0.2, 0.25) is 0 Å². The van der Waals surface area contributed by atoms with Gasteiger partial charge in [0.15, 0.2) is 0 Å². The predicted octanol–water partition coefficient (Wildman–Crippen LogP) is 1.71. The second-order valence-electron chi connectivity index (χ2n) is 4.34. The van der Waals surface area contributed by atoms with Crippen molar-refractivity contribution in [2.24, 2.45) is 5.92 Å². The molecule has 100 valence electrons. The largest absolute Gasteiger partial charge is 0.381 e. The molecule has 1 unspecified atom stereocenters. The molecule has 0 bridgehead atoms. The molecule has 1 atom stereocenters. The van der Waals surface area contributed by atoms with E-state index in [2.05, 4.69) is 10.3 Å². The summed E-state index contributed by atoms with van der Waals surface area (Å²) in [6.45, 7) is 5.63. The van der Waals surface area contributed by atoms with Crippen LogP contribution in [0.1, 0.15) is 18.4 Å². The Morgan fingerprint density at radius 1 is 1.72 bits per heavy atom. The molecule has 0 spiro atoms. The summed E-state index contributed by atoms with van der Waals surface area (Å²) in [6, 6.07) is 0.00389. The molecule has 1 saturated heterocycles. The van der Waals surface area contributed by atoms with Crippen LogP contribution >= 0.6 is 11.3 Å². The van der Waals surface area contributed by atoms with E-state index in [0.717, 1.165) is 37.7 Å². The third-order valence-electron chi connectivity index (χ3n) is 3.01. The normalized spacial score (nSPS) is 19.2. The summed E-state index contributed by atoms with van der Waals surface area (Å²) >= 11 is 1.55. The number of amides is 2. The Hall–Kier alpha value is -1.14. The Bertz CT molecular complexity index is 369. The highest BCUT2D eigenvalue weighted by molar-refractivity contribution is 7.09. The van der Waals surface area contributed by atoms with E-state index >= 15 is 0 Å². The van der Waals surface area contributed by atoms with Gasteiger partial charge in [0.25, 0.3) is 0 Å². The highest BCUT2D eigenvalue weighted by atomic mass is 32.1. The lowest BCUT2D eigenvalue weighted by Crippen LogP contribution is -2.38. The zero-order chi connectivity index (χ0) is 12.8. The summed E-state index contributed by atoms with van der Waals surface area (Å²) in [7, 11) is 0. The highest BCUT2D eigenvalue weighted by Crippen LogP contribution is 2.16. The van der Waals surface area contributed by atoms with Gasteiger partial charge in [-0.15, -0.1) is 11.3 Å². The first-order valence-electron chi connectivity index (χ1n) is 6.28. The van der Waals surface area contributed by atoms with Gasteiger partial charge in [-0.25, -0.2) is 9.78 Å². The zero-order valence-electron chi connectivity index (χ0n) is 10.6. The molecule has 0 radical (unpaired) electrons. The van der Waals surface area contributed by atoms with E-state index in [1.54, 1.807) is 17.5 Å². The van der Waals surface area contributed by atoms with E-state index in [4.69, 9.17) is 4.74 Å². The van der Waals surface area contributed by atoms with E-state index in [9.17, 15) is 4.79 Å². The van der Waals surface area contributed by atoms with E-state index in [1.165, 1.54) is 0 Å². The average molecular weight is 269 g/mol. The fourth-order valence-electron chi connectivity index (χ4n) is 2.04. The van der Waals surface area contributed by atoms with Crippen molar-refractivity contribution in [3.05, 3.63) is 16.6 Å². The molecule has 1 aromatic heterocycles. The summed E-state index contributed by atoms with van der Waals surface area (Å²) in [5, 5.41) is 5.75. The Morgan fingerprint density at radius 3 is 3.33 bits per heavy atom. The van der Waals surface area contributed by atoms with Crippen molar-refractivity contribution in [3.63, 3.8) is 0 Å². The molecule has 6 heteroatoms. The Labute approximate surface area is 111 Å². The number of nitrogens with zero attached hydrogens (tertiary/aromatic N) is 2. The van der Waals surface area contributed by atoms with Crippen LogP contribution in [0.15, 0.2) is 11.6 Å². The molecule has 2 heterocycles. The number of thiazole rings is 1. The third-order valence-corrected chi connectivity index (χ3v) is 3.78. The quantitative estimate of drug-likeness (QED) is 0.885. The van der Waals surface area contributed by atoms with Crippen LogP contribution in [-0.2, 0) is 11.3 Å². The molecule has 2 rings (SSSR count). The van der Waals surface area contributed by atoms with Gasteiger partial charge in [0.1, 0.15) is 5.01 Å². The predicted molar refractivity (Wildman–Crippen MR) is 70.5 cm³/mol. The molecule has 1 aliphatic rings. The van der Waals surface area contributed by atoms with Crippen LogP contribution < -0.4 is 5.32 Å². The Kier molecular flexibility index (Phi) is 4.95. The highest BCUT2D eigenvalue weighted by Gasteiger charge is 2.26. The van der Waals surface area contributed by atoms with E-state index in [1.807, 2.05) is 17.2 Å². The smallest absolute Gasteiger partial charge is 0.317 e. The van der Waals surface area contributed by atoms with Gasteiger partial charge in [0, 0.05) is 37.2 Å². The van der Waals surface area contributed by atoms with E-state index < -0.39 is 0 Å². The lowest BCUT2D eigenvalue weighted by Gasteiger charge is -2.16. The summed E-state index contributed by atoms with van der Waals surface area (Å²) in [6.07, 6.45) is 2.78. The molecule has 1 fully saturated rings. The topological polar surface area (TPSA) is 54.5 Å². The van der Waals surface area contributed by atoms with Crippen molar-refractivity contribution in [3.8, 4) is 0 Å². The molecule has 5 nitrogen and oxygen atoms in total. The second-order valence-corrected chi connectivity index (χ2v) is 5.32. The summed E-state index contributed by atoms with van der Waals surface area (Å²) < 4.78 is 5.40. The fraction of sp³-hybridized carbons (Fsp3) is 0.667. The average Bonchev–Trinajstić information content (AvgIpc) is 3.04. The van der Waals surface area contributed by atoms with Crippen LogP contribution in [0.3, 0.4) is 0 Å². The molecule has 0 aromatic carbocycles. The number of urea groups is 1. The van der Waals surface area contributed by atoms with Gasteiger partial charge in [-0.3, -0.25) is 0 Å². The second kappa shape index (κ2) is 6.70. The van der Waals surface area contributed by atoms with Crippen LogP contribution in [0, 0.1) is 5.92 Å². The monoisotopic (exact) mass is 269 g/mol. The SMILES string of the molecule is CCOCC1CCN(C(=O)NCc2nccs2)C1. The minimum Gasteiger partial charge on any atom is -0.381 e.